The predicted octanol–water partition coefficient (Wildman–Crippen LogP) is 4.00. The van der Waals surface area contributed by atoms with E-state index in [9.17, 15) is 13.2 Å². The maximum atomic E-state index is 12.1. The molecule has 5 heteroatoms. The number of benzene rings is 1. The molecule has 0 aliphatic carbocycles. The van der Waals surface area contributed by atoms with E-state index in [1.54, 1.807) is 14.2 Å². The molecule has 0 radical (unpaired) electrons. The molecule has 1 unspecified atom stereocenters. The molecule has 0 spiro atoms. The van der Waals surface area contributed by atoms with Gasteiger partial charge in [-0.25, -0.2) is 0 Å². The summed E-state index contributed by atoms with van der Waals surface area (Å²) in [6, 6.07) is 5.62. The van der Waals surface area contributed by atoms with Crippen molar-refractivity contribution < 1.29 is 17.9 Å². The van der Waals surface area contributed by atoms with Crippen LogP contribution in [0.15, 0.2) is 18.2 Å². The molecule has 0 bridgehead atoms. The van der Waals surface area contributed by atoms with Crippen LogP contribution in [-0.4, -0.2) is 20.3 Å². The zero-order chi connectivity index (χ0) is 14.5. The minimum Gasteiger partial charge on any atom is -0.496 e. The summed E-state index contributed by atoms with van der Waals surface area (Å²) in [5.74, 6) is 0.786. The average molecular weight is 275 g/mol. The Morgan fingerprint density at radius 2 is 2.00 bits per heavy atom. The van der Waals surface area contributed by atoms with Gasteiger partial charge < -0.3 is 10.1 Å². The van der Waals surface area contributed by atoms with Crippen molar-refractivity contribution in [2.75, 3.05) is 14.2 Å². The molecule has 0 aliphatic heterocycles. The van der Waals surface area contributed by atoms with Gasteiger partial charge in [-0.2, -0.15) is 13.2 Å². The van der Waals surface area contributed by atoms with E-state index in [1.165, 1.54) is 0 Å². The molecular weight excluding hydrogens is 255 g/mol. The second-order valence-corrected chi connectivity index (χ2v) is 4.58. The number of aryl methyl sites for hydroxylation is 1. The second kappa shape index (κ2) is 6.80. The van der Waals surface area contributed by atoms with E-state index in [0.717, 1.165) is 16.9 Å². The van der Waals surface area contributed by atoms with Crippen molar-refractivity contribution in [3.05, 3.63) is 29.3 Å². The minimum atomic E-state index is -4.08. The lowest BCUT2D eigenvalue weighted by Crippen LogP contribution is -2.17. The number of hydrogen-bond donors (Lipinski definition) is 1. The first-order valence-electron chi connectivity index (χ1n) is 6.26. The molecule has 1 N–H and O–H groups in total. The highest BCUT2D eigenvalue weighted by Crippen LogP contribution is 2.28. The topological polar surface area (TPSA) is 21.3 Å². The number of halogens is 3. The third-order valence-corrected chi connectivity index (χ3v) is 3.12. The third kappa shape index (κ3) is 5.11. The maximum absolute atomic E-state index is 12.1. The monoisotopic (exact) mass is 275 g/mol. The summed E-state index contributed by atoms with van der Waals surface area (Å²) < 4.78 is 41.6. The maximum Gasteiger partial charge on any atom is 0.389 e. The van der Waals surface area contributed by atoms with Gasteiger partial charge in [0.1, 0.15) is 5.75 Å². The summed E-state index contributed by atoms with van der Waals surface area (Å²) in [5, 5.41) is 3.06. The second-order valence-electron chi connectivity index (χ2n) is 4.58. The van der Waals surface area contributed by atoms with Crippen LogP contribution in [0.25, 0.3) is 0 Å². The van der Waals surface area contributed by atoms with E-state index in [1.807, 2.05) is 25.1 Å². The van der Waals surface area contributed by atoms with Crippen molar-refractivity contribution in [1.29, 1.82) is 0 Å². The molecule has 0 amide bonds. The number of methoxy groups -OCH3 is 1. The number of hydrogen-bond acceptors (Lipinski definition) is 2. The molecule has 108 valence electrons. The van der Waals surface area contributed by atoms with Crippen LogP contribution in [-0.2, 0) is 0 Å². The molecule has 2 nitrogen and oxygen atoms in total. The van der Waals surface area contributed by atoms with Gasteiger partial charge >= 0.3 is 6.18 Å². The van der Waals surface area contributed by atoms with Gasteiger partial charge in [0, 0.05) is 12.5 Å². The van der Waals surface area contributed by atoms with Gasteiger partial charge in [0.2, 0.25) is 0 Å². The molecule has 1 rings (SSSR count). The normalized spacial score (nSPS) is 13.4. The number of rotatable bonds is 6. The summed E-state index contributed by atoms with van der Waals surface area (Å²) in [6.07, 6.45) is -4.23. The summed E-state index contributed by atoms with van der Waals surface area (Å²) in [5.41, 5.74) is 1.97. The largest absolute Gasteiger partial charge is 0.496 e. The van der Waals surface area contributed by atoms with Crippen molar-refractivity contribution in [2.24, 2.45) is 0 Å². The molecule has 0 aromatic heterocycles. The predicted molar refractivity (Wildman–Crippen MR) is 69.4 cm³/mol. The van der Waals surface area contributed by atoms with Crippen molar-refractivity contribution >= 4 is 0 Å². The average Bonchev–Trinajstić information content (AvgIpc) is 2.33. The molecule has 0 fully saturated rings. The number of nitrogens with one attached hydrogen (secondary N) is 1. The van der Waals surface area contributed by atoms with Gasteiger partial charge in [0.05, 0.1) is 7.11 Å². The molecule has 0 saturated carbocycles. The van der Waals surface area contributed by atoms with Crippen molar-refractivity contribution in [3.63, 3.8) is 0 Å². The third-order valence-electron chi connectivity index (χ3n) is 3.12. The molecule has 0 aliphatic rings. The van der Waals surface area contributed by atoms with Crippen LogP contribution < -0.4 is 10.1 Å². The first-order chi connectivity index (χ1) is 8.87. The van der Waals surface area contributed by atoms with E-state index < -0.39 is 12.6 Å². The molecule has 1 aromatic carbocycles. The van der Waals surface area contributed by atoms with Gasteiger partial charge in [-0.3, -0.25) is 0 Å². The lowest BCUT2D eigenvalue weighted by molar-refractivity contribution is -0.135. The van der Waals surface area contributed by atoms with Crippen LogP contribution in [0, 0.1) is 6.92 Å². The summed E-state index contributed by atoms with van der Waals surface area (Å²) in [7, 11) is 3.36. The highest BCUT2D eigenvalue weighted by atomic mass is 19.4. The fourth-order valence-electron chi connectivity index (χ4n) is 2.10. The molecule has 0 heterocycles. The van der Waals surface area contributed by atoms with Gasteiger partial charge in [-0.05, 0) is 44.0 Å². The molecule has 19 heavy (non-hydrogen) atoms. The highest BCUT2D eigenvalue weighted by Gasteiger charge is 2.26. The van der Waals surface area contributed by atoms with Crippen molar-refractivity contribution in [1.82, 2.24) is 5.32 Å². The Labute approximate surface area is 112 Å². The quantitative estimate of drug-likeness (QED) is 0.847. The zero-order valence-electron chi connectivity index (χ0n) is 11.5. The first kappa shape index (κ1) is 15.8. The van der Waals surface area contributed by atoms with Crippen molar-refractivity contribution in [2.45, 2.75) is 38.4 Å². The lowest BCUT2D eigenvalue weighted by Gasteiger charge is -2.18. The van der Waals surface area contributed by atoms with Crippen LogP contribution in [0.3, 0.4) is 0 Å². The Bertz CT molecular complexity index is 404. The van der Waals surface area contributed by atoms with Crippen molar-refractivity contribution in [3.8, 4) is 5.75 Å². The van der Waals surface area contributed by atoms with Gasteiger partial charge in [0.15, 0.2) is 0 Å². The summed E-state index contributed by atoms with van der Waals surface area (Å²) in [6.45, 7) is 1.92. The Morgan fingerprint density at radius 3 is 2.47 bits per heavy atom. The van der Waals surface area contributed by atoms with Crippen LogP contribution >= 0.6 is 0 Å². The minimum absolute atomic E-state index is 0.0630. The SMILES string of the molecule is CNC(CCCC(F)(F)F)c1ccc(OC)c(C)c1. The summed E-state index contributed by atoms with van der Waals surface area (Å²) in [4.78, 5) is 0. The van der Waals surface area contributed by atoms with E-state index in [4.69, 9.17) is 4.74 Å². The Morgan fingerprint density at radius 1 is 1.32 bits per heavy atom. The molecule has 0 saturated heterocycles. The van der Waals surface area contributed by atoms with Crippen LogP contribution in [0.4, 0.5) is 13.2 Å². The fourth-order valence-corrected chi connectivity index (χ4v) is 2.10. The molecular formula is C14H20F3NO. The zero-order valence-corrected chi connectivity index (χ0v) is 11.5. The van der Waals surface area contributed by atoms with Gasteiger partial charge in [0.25, 0.3) is 0 Å². The van der Waals surface area contributed by atoms with Crippen LogP contribution in [0.2, 0.25) is 0 Å². The van der Waals surface area contributed by atoms with E-state index in [2.05, 4.69) is 5.32 Å². The van der Waals surface area contributed by atoms with E-state index in [0.29, 0.717) is 6.42 Å². The molecule has 1 atom stereocenters. The Balaban J connectivity index is 2.67. The molecule has 1 aromatic rings. The van der Waals surface area contributed by atoms with E-state index >= 15 is 0 Å². The Hall–Kier alpha value is -1.23. The van der Waals surface area contributed by atoms with Crippen LogP contribution in [0.1, 0.15) is 36.4 Å². The van der Waals surface area contributed by atoms with E-state index in [-0.39, 0.29) is 12.5 Å². The number of alkyl halides is 3. The first-order valence-corrected chi connectivity index (χ1v) is 6.26. The number of ether oxygens (including phenoxy) is 1. The highest BCUT2D eigenvalue weighted by molar-refractivity contribution is 5.37. The summed E-state index contributed by atoms with van der Waals surface area (Å²) >= 11 is 0. The standard InChI is InChI=1S/C14H20F3NO/c1-10-9-11(6-7-13(10)19-3)12(18-2)5-4-8-14(15,16)17/h6-7,9,12,18H,4-5,8H2,1-3H3. The fraction of sp³-hybridized carbons (Fsp3) is 0.571. The Kier molecular flexibility index (Phi) is 5.66. The van der Waals surface area contributed by atoms with Gasteiger partial charge in [-0.15, -0.1) is 0 Å². The smallest absolute Gasteiger partial charge is 0.389 e. The van der Waals surface area contributed by atoms with Gasteiger partial charge in [-0.1, -0.05) is 12.1 Å². The lowest BCUT2D eigenvalue weighted by atomic mass is 9.99. The van der Waals surface area contributed by atoms with Crippen LogP contribution in [0.5, 0.6) is 5.75 Å².